The van der Waals surface area contributed by atoms with Crippen LogP contribution in [-0.2, 0) is 0 Å². The van der Waals surface area contributed by atoms with E-state index in [1.807, 2.05) is 11.8 Å². The molecule has 0 unspecified atom stereocenters. The molecule has 1 aliphatic rings. The average Bonchev–Trinajstić information content (AvgIpc) is 2.86. The van der Waals surface area contributed by atoms with Crippen molar-refractivity contribution in [1.82, 2.24) is 4.98 Å². The Morgan fingerprint density at radius 1 is 1.56 bits per heavy atom. The molecular weight excluding hydrogens is 248 g/mol. The van der Waals surface area contributed by atoms with Crippen molar-refractivity contribution in [2.24, 2.45) is 0 Å². The number of pyridine rings is 1. The van der Waals surface area contributed by atoms with Gasteiger partial charge in [0.05, 0.1) is 5.56 Å². The first kappa shape index (κ1) is 13.2. The normalized spacial score (nSPS) is 17.6. The highest BCUT2D eigenvalue weighted by Gasteiger charge is 2.32. The van der Waals surface area contributed by atoms with Gasteiger partial charge in [0.15, 0.2) is 0 Å². The first-order valence-electron chi connectivity index (χ1n) is 6.14. The van der Waals surface area contributed by atoms with Crippen LogP contribution in [0.3, 0.4) is 0 Å². The van der Waals surface area contributed by atoms with Crippen LogP contribution in [0.2, 0.25) is 0 Å². The number of aromatic carboxylic acids is 1. The Morgan fingerprint density at radius 2 is 2.28 bits per heavy atom. The van der Waals surface area contributed by atoms with Crippen molar-refractivity contribution in [2.75, 3.05) is 18.1 Å². The van der Waals surface area contributed by atoms with Gasteiger partial charge in [-0.15, -0.1) is 0 Å². The molecule has 1 aromatic rings. The standard InChI is InChI=1S/C13H18N2O2S/c1-18-13(5-2-3-6-13)9-15-11-8-10(12(16)17)4-7-14-11/h4,7-8H,2-3,5-6,9H2,1H3,(H,14,15)(H,16,17). The third kappa shape index (κ3) is 2.96. The highest BCUT2D eigenvalue weighted by Crippen LogP contribution is 2.40. The average molecular weight is 266 g/mol. The zero-order chi connectivity index (χ0) is 13.0. The topological polar surface area (TPSA) is 62.2 Å². The number of carbonyl (C=O) groups is 1. The van der Waals surface area contributed by atoms with Crippen molar-refractivity contribution in [3.8, 4) is 0 Å². The number of nitrogens with zero attached hydrogens (tertiary/aromatic N) is 1. The third-order valence-electron chi connectivity index (χ3n) is 3.55. The van der Waals surface area contributed by atoms with Gasteiger partial charge in [-0.25, -0.2) is 9.78 Å². The summed E-state index contributed by atoms with van der Waals surface area (Å²) in [7, 11) is 0. The first-order valence-corrected chi connectivity index (χ1v) is 7.36. The second-order valence-corrected chi connectivity index (χ2v) is 5.96. The molecule has 0 amide bonds. The lowest BCUT2D eigenvalue weighted by Crippen LogP contribution is -2.30. The zero-order valence-corrected chi connectivity index (χ0v) is 11.3. The molecule has 0 saturated heterocycles. The van der Waals surface area contributed by atoms with Crippen molar-refractivity contribution in [3.63, 3.8) is 0 Å². The number of carboxylic acid groups (broad SMARTS) is 1. The van der Waals surface area contributed by atoms with Gasteiger partial charge in [0.25, 0.3) is 0 Å². The fraction of sp³-hybridized carbons (Fsp3) is 0.538. The first-order chi connectivity index (χ1) is 8.65. The van der Waals surface area contributed by atoms with E-state index in [-0.39, 0.29) is 5.56 Å². The fourth-order valence-electron chi connectivity index (χ4n) is 2.38. The van der Waals surface area contributed by atoms with E-state index < -0.39 is 5.97 Å². The van der Waals surface area contributed by atoms with Crippen molar-refractivity contribution in [2.45, 2.75) is 30.4 Å². The number of rotatable bonds is 5. The largest absolute Gasteiger partial charge is 0.478 e. The summed E-state index contributed by atoms with van der Waals surface area (Å²) in [6, 6.07) is 3.10. The molecule has 1 fully saturated rings. The quantitative estimate of drug-likeness (QED) is 0.858. The third-order valence-corrected chi connectivity index (χ3v) is 4.96. The maximum Gasteiger partial charge on any atom is 0.335 e. The summed E-state index contributed by atoms with van der Waals surface area (Å²) >= 11 is 1.90. The van der Waals surface area contributed by atoms with Crippen LogP contribution in [0.5, 0.6) is 0 Å². The van der Waals surface area contributed by atoms with Crippen molar-refractivity contribution in [3.05, 3.63) is 23.9 Å². The molecule has 1 aliphatic carbocycles. The lowest BCUT2D eigenvalue weighted by Gasteiger charge is -2.27. The molecule has 2 N–H and O–H groups in total. The van der Waals surface area contributed by atoms with Gasteiger partial charge >= 0.3 is 5.97 Å². The Kier molecular flexibility index (Phi) is 4.11. The van der Waals surface area contributed by atoms with Crippen LogP contribution < -0.4 is 5.32 Å². The van der Waals surface area contributed by atoms with Crippen molar-refractivity contribution >= 4 is 23.5 Å². The number of nitrogens with one attached hydrogen (secondary N) is 1. The van der Waals surface area contributed by atoms with E-state index >= 15 is 0 Å². The number of aromatic nitrogens is 1. The van der Waals surface area contributed by atoms with Crippen LogP contribution in [-0.4, -0.2) is 33.6 Å². The molecule has 18 heavy (non-hydrogen) atoms. The van der Waals surface area contributed by atoms with Gasteiger partial charge in [-0.05, 0) is 31.2 Å². The summed E-state index contributed by atoms with van der Waals surface area (Å²) in [5.74, 6) is -0.267. The molecule has 0 bridgehead atoms. The summed E-state index contributed by atoms with van der Waals surface area (Å²) < 4.78 is 0.293. The van der Waals surface area contributed by atoms with Gasteiger partial charge in [-0.1, -0.05) is 12.8 Å². The van der Waals surface area contributed by atoms with Gasteiger partial charge in [0.2, 0.25) is 0 Å². The molecular formula is C13H18N2O2S. The molecule has 1 heterocycles. The number of hydrogen-bond donors (Lipinski definition) is 2. The van der Waals surface area contributed by atoms with Crippen molar-refractivity contribution < 1.29 is 9.90 Å². The van der Waals surface area contributed by atoms with E-state index in [1.165, 1.54) is 37.9 Å². The molecule has 1 aromatic heterocycles. The predicted molar refractivity (Wildman–Crippen MR) is 74.4 cm³/mol. The number of anilines is 1. The van der Waals surface area contributed by atoms with Gasteiger partial charge in [0, 0.05) is 17.5 Å². The SMILES string of the molecule is CSC1(CNc2cc(C(=O)O)ccn2)CCCC1. The maximum atomic E-state index is 10.9. The molecule has 5 heteroatoms. The second kappa shape index (κ2) is 5.61. The van der Waals surface area contributed by atoms with Gasteiger partial charge in [-0.3, -0.25) is 0 Å². The molecule has 0 spiro atoms. The minimum absolute atomic E-state index is 0.275. The smallest absolute Gasteiger partial charge is 0.335 e. The van der Waals surface area contributed by atoms with E-state index in [2.05, 4.69) is 16.6 Å². The lowest BCUT2D eigenvalue weighted by molar-refractivity contribution is 0.0697. The maximum absolute atomic E-state index is 10.9. The zero-order valence-electron chi connectivity index (χ0n) is 10.5. The second-order valence-electron chi connectivity index (χ2n) is 4.68. The van der Waals surface area contributed by atoms with Crippen LogP contribution in [0.1, 0.15) is 36.0 Å². The van der Waals surface area contributed by atoms with Gasteiger partial charge in [-0.2, -0.15) is 11.8 Å². The molecule has 2 rings (SSSR count). The number of thioether (sulfide) groups is 1. The van der Waals surface area contributed by atoms with Crippen molar-refractivity contribution in [1.29, 1.82) is 0 Å². The monoisotopic (exact) mass is 266 g/mol. The number of carboxylic acids is 1. The highest BCUT2D eigenvalue weighted by molar-refractivity contribution is 8.00. The predicted octanol–water partition coefficient (Wildman–Crippen LogP) is 2.87. The Balaban J connectivity index is 2.01. The van der Waals surface area contributed by atoms with Crippen LogP contribution in [0.4, 0.5) is 5.82 Å². The highest BCUT2D eigenvalue weighted by atomic mass is 32.2. The summed E-state index contributed by atoms with van der Waals surface area (Å²) in [6.07, 6.45) is 8.69. The Labute approximate surface area is 111 Å². The molecule has 0 atom stereocenters. The van der Waals surface area contributed by atoms with E-state index in [0.717, 1.165) is 6.54 Å². The van der Waals surface area contributed by atoms with E-state index in [9.17, 15) is 4.79 Å². The number of hydrogen-bond acceptors (Lipinski definition) is 4. The van der Waals surface area contributed by atoms with E-state index in [0.29, 0.717) is 10.6 Å². The van der Waals surface area contributed by atoms with E-state index in [1.54, 1.807) is 6.07 Å². The minimum Gasteiger partial charge on any atom is -0.478 e. The molecule has 0 aliphatic heterocycles. The van der Waals surface area contributed by atoms with Gasteiger partial charge in [0.1, 0.15) is 5.82 Å². The fourth-order valence-corrected chi connectivity index (χ4v) is 3.30. The summed E-state index contributed by atoms with van der Waals surface area (Å²) in [5.41, 5.74) is 0.275. The van der Waals surface area contributed by atoms with E-state index in [4.69, 9.17) is 5.11 Å². The van der Waals surface area contributed by atoms with Gasteiger partial charge < -0.3 is 10.4 Å². The van der Waals surface area contributed by atoms with Crippen LogP contribution >= 0.6 is 11.8 Å². The molecule has 4 nitrogen and oxygen atoms in total. The molecule has 1 saturated carbocycles. The van der Waals surface area contributed by atoms with Crippen LogP contribution in [0, 0.1) is 0 Å². The van der Waals surface area contributed by atoms with Crippen LogP contribution in [0.15, 0.2) is 18.3 Å². The molecule has 0 radical (unpaired) electrons. The summed E-state index contributed by atoms with van der Waals surface area (Å²) in [4.78, 5) is 15.0. The van der Waals surface area contributed by atoms with Crippen LogP contribution in [0.25, 0.3) is 0 Å². The summed E-state index contributed by atoms with van der Waals surface area (Å²) in [6.45, 7) is 0.851. The summed E-state index contributed by atoms with van der Waals surface area (Å²) in [5, 5.41) is 12.2. The molecule has 98 valence electrons. The Hall–Kier alpha value is -1.23. The molecule has 0 aromatic carbocycles. The Bertz CT molecular complexity index is 431. The Morgan fingerprint density at radius 3 is 2.89 bits per heavy atom. The minimum atomic E-state index is -0.916. The lowest BCUT2D eigenvalue weighted by atomic mass is 10.1.